The molecular weight excluding hydrogens is 292 g/mol. The van der Waals surface area contributed by atoms with E-state index in [1.54, 1.807) is 4.90 Å². The molecule has 1 N–H and O–H groups in total. The van der Waals surface area contributed by atoms with Crippen LogP contribution in [0, 0.1) is 11.3 Å². The van der Waals surface area contributed by atoms with Crippen LogP contribution in [0.3, 0.4) is 0 Å². The van der Waals surface area contributed by atoms with Gasteiger partial charge in [-0.25, -0.2) is 0 Å². The number of nitriles is 1. The minimum absolute atomic E-state index is 0.0874. The highest BCUT2D eigenvalue weighted by molar-refractivity contribution is 5.79. The van der Waals surface area contributed by atoms with Crippen molar-refractivity contribution in [2.45, 2.75) is 56.7 Å². The van der Waals surface area contributed by atoms with E-state index in [9.17, 15) is 4.79 Å². The molecular formula is C17H28N4O2. The van der Waals surface area contributed by atoms with Crippen LogP contribution in [0.5, 0.6) is 0 Å². The van der Waals surface area contributed by atoms with Gasteiger partial charge in [0.15, 0.2) is 0 Å². The zero-order valence-corrected chi connectivity index (χ0v) is 13.9. The van der Waals surface area contributed by atoms with E-state index in [0.717, 1.165) is 58.5 Å². The smallest absolute Gasteiger partial charge is 0.237 e. The molecule has 3 fully saturated rings. The van der Waals surface area contributed by atoms with Crippen LogP contribution in [0.2, 0.25) is 0 Å². The van der Waals surface area contributed by atoms with Gasteiger partial charge in [0, 0.05) is 31.7 Å². The molecule has 0 aromatic carbocycles. The molecule has 3 aliphatic rings. The Hall–Kier alpha value is -1.16. The van der Waals surface area contributed by atoms with Gasteiger partial charge < -0.3 is 15.0 Å². The maximum absolute atomic E-state index is 12.3. The monoisotopic (exact) mass is 320 g/mol. The molecule has 0 unspecified atom stereocenters. The predicted octanol–water partition coefficient (Wildman–Crippen LogP) is 0.734. The van der Waals surface area contributed by atoms with E-state index in [1.165, 1.54) is 12.8 Å². The van der Waals surface area contributed by atoms with Crippen molar-refractivity contribution in [3.63, 3.8) is 0 Å². The van der Waals surface area contributed by atoms with Gasteiger partial charge in [0.05, 0.1) is 25.8 Å². The Kier molecular flexibility index (Phi) is 5.87. The average Bonchev–Trinajstić information content (AvgIpc) is 3.10. The number of likely N-dealkylation sites (tertiary alicyclic amines) is 1. The third-order valence-electron chi connectivity index (χ3n) is 5.52. The van der Waals surface area contributed by atoms with Gasteiger partial charge in [0.1, 0.15) is 6.04 Å². The lowest BCUT2D eigenvalue weighted by Crippen LogP contribution is -2.48. The summed E-state index contributed by atoms with van der Waals surface area (Å²) in [5.41, 5.74) is 0. The second-order valence-electron chi connectivity index (χ2n) is 6.91. The number of nitrogens with one attached hydrogen (secondary N) is 1. The molecule has 128 valence electrons. The Morgan fingerprint density at radius 3 is 2.57 bits per heavy atom. The lowest BCUT2D eigenvalue weighted by atomic mass is 9.90. The van der Waals surface area contributed by atoms with Gasteiger partial charge in [-0.15, -0.1) is 0 Å². The van der Waals surface area contributed by atoms with Gasteiger partial charge in [-0.05, 0) is 38.5 Å². The zero-order chi connectivity index (χ0) is 16.1. The summed E-state index contributed by atoms with van der Waals surface area (Å²) >= 11 is 0. The first kappa shape index (κ1) is 16.7. The quantitative estimate of drug-likeness (QED) is 0.827. The fourth-order valence-electron chi connectivity index (χ4n) is 4.12. The van der Waals surface area contributed by atoms with E-state index in [4.69, 9.17) is 10.00 Å². The minimum atomic E-state index is -0.207. The van der Waals surface area contributed by atoms with E-state index in [1.807, 2.05) is 0 Å². The Bertz CT molecular complexity index is 436. The van der Waals surface area contributed by atoms with Crippen LogP contribution in [0.1, 0.15) is 38.5 Å². The number of carbonyl (C=O) groups is 1. The lowest BCUT2D eigenvalue weighted by Gasteiger charge is -2.39. The fourth-order valence-corrected chi connectivity index (χ4v) is 4.12. The molecule has 1 amide bonds. The summed E-state index contributed by atoms with van der Waals surface area (Å²) in [5, 5.41) is 12.5. The highest BCUT2D eigenvalue weighted by Crippen LogP contribution is 2.24. The first-order valence-electron chi connectivity index (χ1n) is 9.02. The van der Waals surface area contributed by atoms with Crippen molar-refractivity contribution in [1.82, 2.24) is 15.1 Å². The van der Waals surface area contributed by atoms with E-state index in [-0.39, 0.29) is 11.9 Å². The maximum Gasteiger partial charge on any atom is 0.237 e. The molecule has 2 aliphatic heterocycles. The van der Waals surface area contributed by atoms with Crippen LogP contribution in [-0.2, 0) is 9.53 Å². The molecule has 0 aromatic heterocycles. The number of hydrogen-bond acceptors (Lipinski definition) is 5. The number of ether oxygens (including phenoxy) is 1. The summed E-state index contributed by atoms with van der Waals surface area (Å²) in [6, 6.07) is 3.16. The first-order valence-corrected chi connectivity index (χ1v) is 9.02. The van der Waals surface area contributed by atoms with E-state index < -0.39 is 0 Å². The Morgan fingerprint density at radius 2 is 1.87 bits per heavy atom. The summed E-state index contributed by atoms with van der Waals surface area (Å²) in [6.45, 7) is 4.97. The molecule has 0 spiro atoms. The molecule has 6 nitrogen and oxygen atoms in total. The summed E-state index contributed by atoms with van der Waals surface area (Å²) in [6.07, 6.45) is 6.46. The van der Waals surface area contributed by atoms with Crippen LogP contribution in [0.15, 0.2) is 0 Å². The third-order valence-corrected chi connectivity index (χ3v) is 5.52. The van der Waals surface area contributed by atoms with Gasteiger partial charge in [-0.1, -0.05) is 0 Å². The molecule has 2 saturated heterocycles. The van der Waals surface area contributed by atoms with Crippen molar-refractivity contribution in [2.75, 3.05) is 39.4 Å². The van der Waals surface area contributed by atoms with Crippen molar-refractivity contribution in [3.8, 4) is 6.07 Å². The Labute approximate surface area is 138 Å². The number of morpholine rings is 1. The van der Waals surface area contributed by atoms with E-state index in [2.05, 4.69) is 16.3 Å². The molecule has 1 aliphatic carbocycles. The third kappa shape index (κ3) is 4.23. The van der Waals surface area contributed by atoms with Gasteiger partial charge in [0.2, 0.25) is 5.91 Å². The topological polar surface area (TPSA) is 68.6 Å². The molecule has 1 atom stereocenters. The van der Waals surface area contributed by atoms with Crippen LogP contribution in [0.4, 0.5) is 0 Å². The zero-order valence-electron chi connectivity index (χ0n) is 13.9. The fraction of sp³-hybridized carbons (Fsp3) is 0.882. The molecule has 2 heterocycles. The van der Waals surface area contributed by atoms with Crippen LogP contribution < -0.4 is 5.32 Å². The van der Waals surface area contributed by atoms with Crippen molar-refractivity contribution >= 4 is 5.91 Å². The van der Waals surface area contributed by atoms with Crippen molar-refractivity contribution < 1.29 is 9.53 Å². The van der Waals surface area contributed by atoms with E-state index in [0.29, 0.717) is 18.6 Å². The SMILES string of the molecule is N#C[C@@H]1CCCN1C(=O)CNC1CCC(N2CCOCC2)CC1. The lowest BCUT2D eigenvalue weighted by molar-refractivity contribution is -0.130. The molecule has 0 aromatic rings. The predicted molar refractivity (Wildman–Crippen MR) is 86.8 cm³/mol. The number of rotatable bonds is 4. The average molecular weight is 320 g/mol. The Balaban J connectivity index is 1.37. The minimum Gasteiger partial charge on any atom is -0.379 e. The first-order chi connectivity index (χ1) is 11.3. The van der Waals surface area contributed by atoms with Crippen molar-refractivity contribution in [1.29, 1.82) is 5.26 Å². The summed E-state index contributed by atoms with van der Waals surface area (Å²) in [4.78, 5) is 16.6. The van der Waals surface area contributed by atoms with Gasteiger partial charge in [0.25, 0.3) is 0 Å². The van der Waals surface area contributed by atoms with Gasteiger partial charge in [-0.2, -0.15) is 5.26 Å². The Morgan fingerprint density at radius 1 is 1.13 bits per heavy atom. The summed E-state index contributed by atoms with van der Waals surface area (Å²) in [5.74, 6) is 0.0874. The molecule has 1 saturated carbocycles. The molecule has 23 heavy (non-hydrogen) atoms. The number of nitrogens with zero attached hydrogens (tertiary/aromatic N) is 3. The molecule has 3 rings (SSSR count). The number of hydrogen-bond donors (Lipinski definition) is 1. The van der Waals surface area contributed by atoms with Crippen molar-refractivity contribution in [2.24, 2.45) is 0 Å². The van der Waals surface area contributed by atoms with Gasteiger partial charge >= 0.3 is 0 Å². The summed E-state index contributed by atoms with van der Waals surface area (Å²) in [7, 11) is 0. The summed E-state index contributed by atoms with van der Waals surface area (Å²) < 4.78 is 5.42. The number of carbonyl (C=O) groups excluding carboxylic acids is 1. The highest BCUT2D eigenvalue weighted by Gasteiger charge is 2.30. The molecule has 6 heteroatoms. The van der Waals surface area contributed by atoms with Crippen LogP contribution in [0.25, 0.3) is 0 Å². The van der Waals surface area contributed by atoms with Crippen LogP contribution >= 0.6 is 0 Å². The van der Waals surface area contributed by atoms with E-state index >= 15 is 0 Å². The standard InChI is InChI=1S/C17H28N4O2/c18-12-16-2-1-7-21(16)17(22)13-19-14-3-5-15(6-4-14)20-8-10-23-11-9-20/h14-16,19H,1-11,13H2/t14?,15?,16-/m0/s1. The molecule has 0 radical (unpaired) electrons. The van der Waals surface area contributed by atoms with Gasteiger partial charge in [-0.3, -0.25) is 9.69 Å². The number of amides is 1. The highest BCUT2D eigenvalue weighted by atomic mass is 16.5. The van der Waals surface area contributed by atoms with Crippen LogP contribution in [-0.4, -0.2) is 73.2 Å². The maximum atomic E-state index is 12.3. The second kappa shape index (κ2) is 8.09. The normalized spacial score (nSPS) is 32.7. The molecule has 0 bridgehead atoms. The second-order valence-corrected chi connectivity index (χ2v) is 6.91. The largest absolute Gasteiger partial charge is 0.379 e. The van der Waals surface area contributed by atoms with Crippen molar-refractivity contribution in [3.05, 3.63) is 0 Å².